The van der Waals surface area contributed by atoms with Crippen LogP contribution < -0.4 is 5.32 Å². The lowest BCUT2D eigenvalue weighted by atomic mass is 9.98. The smallest absolute Gasteiger partial charge is 0.268 e. The molecule has 0 aliphatic carbocycles. The van der Waals surface area contributed by atoms with Crippen LogP contribution in [0.1, 0.15) is 31.3 Å². The molecular formula is C11H17ClN2O2. The van der Waals surface area contributed by atoms with Crippen LogP contribution in [0.3, 0.4) is 0 Å². The van der Waals surface area contributed by atoms with Gasteiger partial charge in [-0.2, -0.15) is 0 Å². The number of aliphatic hydroxyl groups is 1. The Morgan fingerprint density at radius 2 is 2.19 bits per heavy atom. The Kier molecular flexibility index (Phi) is 3.65. The van der Waals surface area contributed by atoms with Crippen molar-refractivity contribution < 1.29 is 9.90 Å². The third kappa shape index (κ3) is 2.77. The van der Waals surface area contributed by atoms with E-state index in [1.54, 1.807) is 44.6 Å². The quantitative estimate of drug-likeness (QED) is 0.848. The number of amides is 1. The topological polar surface area (TPSA) is 54.3 Å². The number of nitrogens with zero attached hydrogens (tertiary/aromatic N) is 1. The van der Waals surface area contributed by atoms with Crippen LogP contribution in [-0.4, -0.2) is 27.2 Å². The Morgan fingerprint density at radius 1 is 1.62 bits per heavy atom. The van der Waals surface area contributed by atoms with Gasteiger partial charge in [0.05, 0.1) is 16.7 Å². The Balaban J connectivity index is 2.85. The second kappa shape index (κ2) is 4.47. The van der Waals surface area contributed by atoms with Crippen LogP contribution in [0.4, 0.5) is 0 Å². The Morgan fingerprint density at radius 3 is 2.56 bits per heavy atom. The molecule has 1 aromatic rings. The first kappa shape index (κ1) is 13.1. The van der Waals surface area contributed by atoms with Crippen LogP contribution in [-0.2, 0) is 7.05 Å². The van der Waals surface area contributed by atoms with Crippen molar-refractivity contribution >= 4 is 17.5 Å². The first-order chi connectivity index (χ1) is 7.24. The SMILES string of the molecule is CC(O)C(C)(C)NC(=O)c1cc(Cl)cn1C. The summed E-state index contributed by atoms with van der Waals surface area (Å²) in [5, 5.41) is 12.8. The van der Waals surface area contributed by atoms with Gasteiger partial charge in [-0.3, -0.25) is 4.79 Å². The Bertz CT molecular complexity index is 397. The summed E-state index contributed by atoms with van der Waals surface area (Å²) in [5.74, 6) is -0.250. The highest BCUT2D eigenvalue weighted by molar-refractivity contribution is 6.31. The largest absolute Gasteiger partial charge is 0.391 e. The highest BCUT2D eigenvalue weighted by atomic mass is 35.5. The van der Waals surface area contributed by atoms with Crippen LogP contribution in [0, 0.1) is 0 Å². The molecule has 16 heavy (non-hydrogen) atoms. The summed E-state index contributed by atoms with van der Waals surface area (Å²) in [6, 6.07) is 1.59. The lowest BCUT2D eigenvalue weighted by molar-refractivity contribution is 0.0703. The summed E-state index contributed by atoms with van der Waals surface area (Å²) >= 11 is 5.79. The predicted octanol–water partition coefficient (Wildman–Crippen LogP) is 1.57. The molecule has 1 amide bonds. The van der Waals surface area contributed by atoms with E-state index < -0.39 is 11.6 Å². The van der Waals surface area contributed by atoms with Crippen LogP contribution in [0.25, 0.3) is 0 Å². The molecule has 1 atom stereocenters. The number of hydrogen-bond acceptors (Lipinski definition) is 2. The van der Waals surface area contributed by atoms with Crippen molar-refractivity contribution in [2.45, 2.75) is 32.4 Å². The summed E-state index contributed by atoms with van der Waals surface area (Å²) in [4.78, 5) is 11.9. The molecule has 0 aliphatic rings. The zero-order valence-electron chi connectivity index (χ0n) is 9.91. The first-order valence-corrected chi connectivity index (χ1v) is 5.44. The molecule has 0 aliphatic heterocycles. The number of aryl methyl sites for hydroxylation is 1. The minimum absolute atomic E-state index is 0.250. The number of rotatable bonds is 3. The minimum Gasteiger partial charge on any atom is -0.391 e. The molecule has 1 heterocycles. The fourth-order valence-electron chi connectivity index (χ4n) is 1.21. The van der Waals surface area contributed by atoms with Gasteiger partial charge in [0.25, 0.3) is 5.91 Å². The monoisotopic (exact) mass is 244 g/mol. The average molecular weight is 245 g/mol. The summed E-state index contributed by atoms with van der Waals surface area (Å²) in [6.07, 6.45) is 1.03. The van der Waals surface area contributed by atoms with Crippen molar-refractivity contribution in [1.82, 2.24) is 9.88 Å². The fraction of sp³-hybridized carbons (Fsp3) is 0.545. The molecule has 1 aromatic heterocycles. The van der Waals surface area contributed by atoms with Crippen LogP contribution in [0.2, 0.25) is 5.02 Å². The maximum Gasteiger partial charge on any atom is 0.268 e. The molecule has 0 fully saturated rings. The zero-order chi connectivity index (χ0) is 12.5. The van der Waals surface area contributed by atoms with E-state index in [9.17, 15) is 9.90 Å². The van der Waals surface area contributed by atoms with Gasteiger partial charge in [-0.05, 0) is 26.8 Å². The molecule has 0 bridgehead atoms. The molecule has 1 rings (SSSR count). The molecule has 0 spiro atoms. The van der Waals surface area contributed by atoms with Gasteiger partial charge < -0.3 is 15.0 Å². The van der Waals surface area contributed by atoms with Gasteiger partial charge in [0.15, 0.2) is 0 Å². The van der Waals surface area contributed by atoms with Gasteiger partial charge in [-0.25, -0.2) is 0 Å². The average Bonchev–Trinajstić information content (AvgIpc) is 2.44. The van der Waals surface area contributed by atoms with Crippen LogP contribution >= 0.6 is 11.6 Å². The van der Waals surface area contributed by atoms with Crippen molar-refractivity contribution in [3.05, 3.63) is 23.0 Å². The molecular weight excluding hydrogens is 228 g/mol. The van der Waals surface area contributed by atoms with E-state index in [0.29, 0.717) is 10.7 Å². The summed E-state index contributed by atoms with van der Waals surface area (Å²) < 4.78 is 1.65. The molecule has 0 saturated carbocycles. The number of carbonyl (C=O) groups excluding carboxylic acids is 1. The van der Waals surface area contributed by atoms with E-state index in [1.807, 2.05) is 0 Å². The Labute approximate surface area is 100 Å². The van der Waals surface area contributed by atoms with E-state index >= 15 is 0 Å². The van der Waals surface area contributed by atoms with E-state index in [2.05, 4.69) is 5.32 Å². The summed E-state index contributed by atoms with van der Waals surface area (Å²) in [5.41, 5.74) is -0.202. The van der Waals surface area contributed by atoms with Crippen molar-refractivity contribution in [3.8, 4) is 0 Å². The van der Waals surface area contributed by atoms with E-state index in [-0.39, 0.29) is 5.91 Å². The highest BCUT2D eigenvalue weighted by Gasteiger charge is 2.27. The number of aromatic nitrogens is 1. The van der Waals surface area contributed by atoms with E-state index in [1.165, 1.54) is 0 Å². The molecule has 2 N–H and O–H groups in total. The molecule has 0 aromatic carbocycles. The lowest BCUT2D eigenvalue weighted by Gasteiger charge is -2.29. The Hall–Kier alpha value is -1.00. The van der Waals surface area contributed by atoms with Crippen molar-refractivity contribution in [1.29, 1.82) is 0 Å². The number of halogens is 1. The van der Waals surface area contributed by atoms with Crippen molar-refractivity contribution in [2.24, 2.45) is 7.05 Å². The van der Waals surface area contributed by atoms with Gasteiger partial charge in [0.1, 0.15) is 5.69 Å². The van der Waals surface area contributed by atoms with E-state index in [0.717, 1.165) is 0 Å². The summed E-state index contributed by atoms with van der Waals surface area (Å²) in [7, 11) is 1.75. The maximum absolute atomic E-state index is 11.9. The third-order valence-electron chi connectivity index (χ3n) is 2.68. The number of aliphatic hydroxyl groups excluding tert-OH is 1. The van der Waals surface area contributed by atoms with Gasteiger partial charge in [-0.15, -0.1) is 0 Å². The normalized spacial score (nSPS) is 13.6. The van der Waals surface area contributed by atoms with Gasteiger partial charge in [-0.1, -0.05) is 11.6 Å². The predicted molar refractivity (Wildman–Crippen MR) is 63.6 cm³/mol. The summed E-state index contributed by atoms with van der Waals surface area (Å²) in [6.45, 7) is 5.17. The molecule has 5 heteroatoms. The minimum atomic E-state index is -0.673. The molecule has 4 nitrogen and oxygen atoms in total. The fourth-order valence-corrected chi connectivity index (χ4v) is 1.46. The number of nitrogens with one attached hydrogen (secondary N) is 1. The second-order valence-electron chi connectivity index (χ2n) is 4.51. The van der Waals surface area contributed by atoms with Crippen LogP contribution in [0.15, 0.2) is 12.3 Å². The molecule has 90 valence electrons. The van der Waals surface area contributed by atoms with Crippen LogP contribution in [0.5, 0.6) is 0 Å². The van der Waals surface area contributed by atoms with Gasteiger partial charge in [0, 0.05) is 13.2 Å². The van der Waals surface area contributed by atoms with Gasteiger partial charge in [0.2, 0.25) is 0 Å². The van der Waals surface area contributed by atoms with Gasteiger partial charge >= 0.3 is 0 Å². The highest BCUT2D eigenvalue weighted by Crippen LogP contribution is 2.15. The lowest BCUT2D eigenvalue weighted by Crippen LogP contribution is -2.51. The first-order valence-electron chi connectivity index (χ1n) is 5.06. The molecule has 0 radical (unpaired) electrons. The van der Waals surface area contributed by atoms with Crippen molar-refractivity contribution in [3.63, 3.8) is 0 Å². The second-order valence-corrected chi connectivity index (χ2v) is 4.94. The third-order valence-corrected chi connectivity index (χ3v) is 2.89. The van der Waals surface area contributed by atoms with E-state index in [4.69, 9.17) is 11.6 Å². The molecule has 0 saturated heterocycles. The zero-order valence-corrected chi connectivity index (χ0v) is 10.7. The maximum atomic E-state index is 11.9. The standard InChI is InChI=1S/C11H17ClN2O2/c1-7(15)11(2,3)13-10(16)9-5-8(12)6-14(9)4/h5-7,15H,1-4H3,(H,13,16). The molecule has 1 unspecified atom stereocenters. The van der Waals surface area contributed by atoms with Crippen molar-refractivity contribution in [2.75, 3.05) is 0 Å². The number of carbonyl (C=O) groups is 1. The number of hydrogen-bond donors (Lipinski definition) is 2.